The molecule has 2 rings (SSSR count). The number of nitrogens with zero attached hydrogens (tertiary/aromatic N) is 1. The van der Waals surface area contributed by atoms with Gasteiger partial charge in [0.05, 0.1) is 12.1 Å². The highest BCUT2D eigenvalue weighted by Gasteiger charge is 2.11. The lowest BCUT2D eigenvalue weighted by Crippen LogP contribution is -2.31. The molecule has 1 unspecified atom stereocenters. The maximum atomic E-state index is 13.3. The van der Waals surface area contributed by atoms with Crippen molar-refractivity contribution in [2.24, 2.45) is 0 Å². The number of methoxy groups -OCH3 is 1. The third-order valence-corrected chi connectivity index (χ3v) is 4.19. The number of carbonyl (C=O) groups excluding carboxylic acids is 1. The van der Waals surface area contributed by atoms with E-state index in [0.717, 1.165) is 10.7 Å². The Kier molecular flexibility index (Phi) is 5.32. The Balaban J connectivity index is 1.89. The molecule has 1 atom stereocenters. The number of aromatic nitrogens is 1. The van der Waals surface area contributed by atoms with Crippen LogP contribution in [-0.4, -0.2) is 24.7 Å². The van der Waals surface area contributed by atoms with Gasteiger partial charge in [0.25, 0.3) is 0 Å². The summed E-state index contributed by atoms with van der Waals surface area (Å²) < 4.78 is 18.3. The van der Waals surface area contributed by atoms with Crippen LogP contribution in [0.5, 0.6) is 5.75 Å². The van der Waals surface area contributed by atoms with E-state index < -0.39 is 11.8 Å². The normalized spacial score (nSPS) is 11.8. The van der Waals surface area contributed by atoms with E-state index in [-0.39, 0.29) is 5.92 Å². The molecule has 2 N–H and O–H groups in total. The van der Waals surface area contributed by atoms with Crippen LogP contribution in [0.4, 0.5) is 14.9 Å². The lowest BCUT2D eigenvalue weighted by molar-refractivity contribution is 0.251. The van der Waals surface area contributed by atoms with Crippen molar-refractivity contribution in [2.75, 3.05) is 19.0 Å². The Morgan fingerprint density at radius 1 is 1.45 bits per heavy atom. The number of benzene rings is 1. The monoisotopic (exact) mass is 323 g/mol. The van der Waals surface area contributed by atoms with Crippen LogP contribution in [0.25, 0.3) is 0 Å². The third kappa shape index (κ3) is 4.42. The van der Waals surface area contributed by atoms with Crippen LogP contribution in [0, 0.1) is 12.7 Å². The van der Waals surface area contributed by atoms with Crippen molar-refractivity contribution in [1.82, 2.24) is 10.3 Å². The maximum absolute atomic E-state index is 13.3. The van der Waals surface area contributed by atoms with Gasteiger partial charge in [-0.1, -0.05) is 6.92 Å². The molecule has 2 aromatic rings. The van der Waals surface area contributed by atoms with Crippen LogP contribution in [0.1, 0.15) is 23.5 Å². The summed E-state index contributed by atoms with van der Waals surface area (Å²) in [5.74, 6) is -0.00490. The number of aryl methyl sites for hydroxylation is 1. The second-order valence-electron chi connectivity index (χ2n) is 4.94. The highest BCUT2D eigenvalue weighted by molar-refractivity contribution is 7.09. The van der Waals surface area contributed by atoms with Crippen LogP contribution in [0.2, 0.25) is 0 Å². The zero-order valence-corrected chi connectivity index (χ0v) is 13.5. The van der Waals surface area contributed by atoms with Crippen LogP contribution >= 0.6 is 11.3 Å². The molecule has 0 aliphatic rings. The first-order valence-electron chi connectivity index (χ1n) is 6.79. The first kappa shape index (κ1) is 16.2. The van der Waals surface area contributed by atoms with Gasteiger partial charge in [0.1, 0.15) is 11.6 Å². The second kappa shape index (κ2) is 7.22. The van der Waals surface area contributed by atoms with Gasteiger partial charge in [-0.3, -0.25) is 0 Å². The Labute approximate surface area is 132 Å². The first-order valence-corrected chi connectivity index (χ1v) is 7.67. The van der Waals surface area contributed by atoms with Gasteiger partial charge in [-0.05, 0) is 13.0 Å². The van der Waals surface area contributed by atoms with E-state index in [1.54, 1.807) is 17.4 Å². The van der Waals surface area contributed by atoms with Crippen molar-refractivity contribution in [1.29, 1.82) is 0 Å². The molecule has 0 saturated heterocycles. The standard InChI is InChI=1S/C15H18FN3O2S/c1-9(14-18-10(2)8-22-14)7-17-15(20)19-12-4-11(16)5-13(6-12)21-3/h4-6,8-9H,7H2,1-3H3,(H2,17,19,20). The van der Waals surface area contributed by atoms with E-state index in [9.17, 15) is 9.18 Å². The zero-order chi connectivity index (χ0) is 16.1. The van der Waals surface area contributed by atoms with Crippen molar-refractivity contribution in [3.63, 3.8) is 0 Å². The molecule has 1 aromatic heterocycles. The molecular weight excluding hydrogens is 305 g/mol. The molecule has 0 radical (unpaired) electrons. The molecule has 118 valence electrons. The Morgan fingerprint density at radius 3 is 2.86 bits per heavy atom. The smallest absolute Gasteiger partial charge is 0.319 e. The van der Waals surface area contributed by atoms with Gasteiger partial charge >= 0.3 is 6.03 Å². The lowest BCUT2D eigenvalue weighted by atomic mass is 10.2. The first-order chi connectivity index (χ1) is 10.5. The molecule has 0 aliphatic heterocycles. The lowest BCUT2D eigenvalue weighted by Gasteiger charge is -2.12. The molecule has 0 saturated carbocycles. The highest BCUT2D eigenvalue weighted by atomic mass is 32.1. The molecule has 2 amide bonds. The van der Waals surface area contributed by atoms with Crippen LogP contribution in [0.15, 0.2) is 23.6 Å². The molecular formula is C15H18FN3O2S. The minimum absolute atomic E-state index is 0.117. The Hall–Kier alpha value is -2.15. The summed E-state index contributed by atoms with van der Waals surface area (Å²) in [6, 6.07) is 3.63. The molecule has 5 nitrogen and oxygen atoms in total. The minimum Gasteiger partial charge on any atom is -0.497 e. The number of nitrogens with one attached hydrogen (secondary N) is 2. The predicted molar refractivity (Wildman–Crippen MR) is 85.2 cm³/mol. The summed E-state index contributed by atoms with van der Waals surface area (Å²) in [4.78, 5) is 16.2. The van der Waals surface area contributed by atoms with E-state index in [2.05, 4.69) is 15.6 Å². The molecule has 0 fully saturated rings. The van der Waals surface area contributed by atoms with Gasteiger partial charge < -0.3 is 15.4 Å². The SMILES string of the molecule is COc1cc(F)cc(NC(=O)NCC(C)c2nc(C)cs2)c1. The van der Waals surface area contributed by atoms with Gasteiger partial charge in [0.15, 0.2) is 0 Å². The maximum Gasteiger partial charge on any atom is 0.319 e. The van der Waals surface area contributed by atoms with E-state index in [1.807, 2.05) is 19.2 Å². The summed E-state index contributed by atoms with van der Waals surface area (Å²) in [7, 11) is 1.44. The van der Waals surface area contributed by atoms with Crippen LogP contribution in [0.3, 0.4) is 0 Å². The summed E-state index contributed by atoms with van der Waals surface area (Å²) >= 11 is 1.57. The summed E-state index contributed by atoms with van der Waals surface area (Å²) in [5.41, 5.74) is 1.32. The third-order valence-electron chi connectivity index (χ3n) is 2.99. The fourth-order valence-electron chi connectivity index (χ4n) is 1.86. The molecule has 0 bridgehead atoms. The second-order valence-corrected chi connectivity index (χ2v) is 5.83. The number of halogens is 1. The largest absolute Gasteiger partial charge is 0.497 e. The number of hydrogen-bond donors (Lipinski definition) is 2. The fourth-order valence-corrected chi connectivity index (χ4v) is 2.72. The fraction of sp³-hybridized carbons (Fsp3) is 0.333. The van der Waals surface area contributed by atoms with E-state index >= 15 is 0 Å². The number of urea groups is 1. The topological polar surface area (TPSA) is 63.2 Å². The number of ether oxygens (including phenoxy) is 1. The number of rotatable bonds is 5. The van der Waals surface area contributed by atoms with Crippen LogP contribution < -0.4 is 15.4 Å². The number of anilines is 1. The van der Waals surface area contributed by atoms with E-state index in [4.69, 9.17) is 4.74 Å². The van der Waals surface area contributed by atoms with Crippen molar-refractivity contribution in [3.8, 4) is 5.75 Å². The molecule has 22 heavy (non-hydrogen) atoms. The molecule has 0 spiro atoms. The predicted octanol–water partition coefficient (Wildman–Crippen LogP) is 3.52. The number of carbonyl (C=O) groups is 1. The number of thiazole rings is 1. The minimum atomic E-state index is -0.471. The Morgan fingerprint density at radius 2 is 2.23 bits per heavy atom. The van der Waals surface area contributed by atoms with Crippen molar-refractivity contribution in [3.05, 3.63) is 40.1 Å². The molecule has 1 aromatic carbocycles. The van der Waals surface area contributed by atoms with Gasteiger partial charge in [-0.2, -0.15) is 0 Å². The van der Waals surface area contributed by atoms with Gasteiger partial charge in [-0.25, -0.2) is 14.2 Å². The highest BCUT2D eigenvalue weighted by Crippen LogP contribution is 2.20. The average Bonchev–Trinajstić information content (AvgIpc) is 2.90. The zero-order valence-electron chi connectivity index (χ0n) is 12.6. The van der Waals surface area contributed by atoms with Crippen molar-refractivity contribution in [2.45, 2.75) is 19.8 Å². The van der Waals surface area contributed by atoms with Crippen molar-refractivity contribution >= 4 is 23.1 Å². The average molecular weight is 323 g/mol. The summed E-state index contributed by atoms with van der Waals surface area (Å²) in [6.45, 7) is 4.37. The molecule has 7 heteroatoms. The van der Waals surface area contributed by atoms with E-state index in [1.165, 1.54) is 19.2 Å². The summed E-state index contributed by atoms with van der Waals surface area (Å²) in [6.07, 6.45) is 0. The van der Waals surface area contributed by atoms with Gasteiger partial charge in [0.2, 0.25) is 0 Å². The Bertz CT molecular complexity index is 660. The van der Waals surface area contributed by atoms with Gasteiger partial charge in [-0.15, -0.1) is 11.3 Å². The van der Waals surface area contributed by atoms with E-state index in [0.29, 0.717) is 18.0 Å². The summed E-state index contributed by atoms with van der Waals surface area (Å²) in [5, 5.41) is 8.29. The number of amides is 2. The van der Waals surface area contributed by atoms with Crippen LogP contribution in [-0.2, 0) is 0 Å². The number of hydrogen-bond acceptors (Lipinski definition) is 4. The van der Waals surface area contributed by atoms with Gasteiger partial charge in [0, 0.05) is 41.4 Å². The molecule has 0 aliphatic carbocycles. The quantitative estimate of drug-likeness (QED) is 0.885. The molecule has 1 heterocycles. The van der Waals surface area contributed by atoms with Crippen molar-refractivity contribution < 1.29 is 13.9 Å².